The highest BCUT2D eigenvalue weighted by Gasteiger charge is 2.02. The summed E-state index contributed by atoms with van der Waals surface area (Å²) in [6, 6.07) is 18.4. The van der Waals surface area contributed by atoms with Crippen molar-refractivity contribution in [3.63, 3.8) is 0 Å². The molecule has 0 atom stereocenters. The quantitative estimate of drug-likeness (QED) is 0.661. The number of methoxy groups -OCH3 is 1. The van der Waals surface area contributed by atoms with Crippen molar-refractivity contribution in [2.75, 3.05) is 19.4 Å². The highest BCUT2D eigenvalue weighted by Crippen LogP contribution is 2.14. The largest absolute Gasteiger partial charge is 0.497 e. The number of thioether (sulfide) groups is 1. The molecule has 2 aromatic rings. The zero-order chi connectivity index (χ0) is 17.0. The molecule has 0 aromatic heterocycles. The normalized spacial score (nSPS) is 10.4. The van der Waals surface area contributed by atoms with Gasteiger partial charge in [0.15, 0.2) is 0 Å². The van der Waals surface area contributed by atoms with Crippen molar-refractivity contribution in [3.05, 3.63) is 65.7 Å². The molecule has 0 saturated carbocycles. The van der Waals surface area contributed by atoms with Gasteiger partial charge in [-0.2, -0.15) is 11.8 Å². The Hall–Kier alpha value is -1.94. The molecule has 0 heterocycles. The second-order valence-corrected chi connectivity index (χ2v) is 6.70. The Kier molecular flexibility index (Phi) is 8.25. The minimum atomic E-state index is 0.140. The maximum Gasteiger partial charge on any atom is 0.220 e. The van der Waals surface area contributed by atoms with Gasteiger partial charge >= 0.3 is 0 Å². The molecule has 128 valence electrons. The SMILES string of the molecule is COc1cccc(CCCNC(=O)CCSCc2ccccc2)c1. The van der Waals surface area contributed by atoms with Crippen molar-refractivity contribution in [1.29, 1.82) is 0 Å². The summed E-state index contributed by atoms with van der Waals surface area (Å²) in [6.45, 7) is 0.722. The van der Waals surface area contributed by atoms with Gasteiger partial charge in [0.05, 0.1) is 7.11 Å². The third kappa shape index (κ3) is 7.09. The molecule has 0 aliphatic heterocycles. The van der Waals surface area contributed by atoms with Crippen molar-refractivity contribution in [2.45, 2.75) is 25.0 Å². The lowest BCUT2D eigenvalue weighted by molar-refractivity contribution is -0.120. The first-order valence-electron chi connectivity index (χ1n) is 8.29. The van der Waals surface area contributed by atoms with Crippen LogP contribution in [0.1, 0.15) is 24.0 Å². The van der Waals surface area contributed by atoms with Gasteiger partial charge in [-0.3, -0.25) is 4.79 Å². The molecule has 0 fully saturated rings. The summed E-state index contributed by atoms with van der Waals surface area (Å²) in [7, 11) is 1.68. The molecule has 3 nitrogen and oxygen atoms in total. The van der Waals surface area contributed by atoms with Crippen LogP contribution in [0.5, 0.6) is 5.75 Å². The number of benzene rings is 2. The molecule has 4 heteroatoms. The minimum absolute atomic E-state index is 0.140. The number of aryl methyl sites for hydroxylation is 1. The second-order valence-electron chi connectivity index (χ2n) is 5.59. The first-order valence-corrected chi connectivity index (χ1v) is 9.44. The second kappa shape index (κ2) is 10.8. The van der Waals surface area contributed by atoms with Gasteiger partial charge in [-0.05, 0) is 36.1 Å². The van der Waals surface area contributed by atoms with E-state index < -0.39 is 0 Å². The monoisotopic (exact) mass is 343 g/mol. The van der Waals surface area contributed by atoms with Crippen LogP contribution in [-0.4, -0.2) is 25.3 Å². The Morgan fingerprint density at radius 2 is 1.88 bits per heavy atom. The number of amides is 1. The average Bonchev–Trinajstić information content (AvgIpc) is 2.63. The lowest BCUT2D eigenvalue weighted by atomic mass is 10.1. The number of rotatable bonds is 10. The molecule has 24 heavy (non-hydrogen) atoms. The van der Waals surface area contributed by atoms with Crippen molar-refractivity contribution >= 4 is 17.7 Å². The van der Waals surface area contributed by atoms with Crippen LogP contribution in [0.15, 0.2) is 54.6 Å². The summed E-state index contributed by atoms with van der Waals surface area (Å²) in [6.07, 6.45) is 2.47. The molecule has 2 aromatic carbocycles. The van der Waals surface area contributed by atoms with Gasteiger partial charge in [0.1, 0.15) is 5.75 Å². The molecule has 0 aliphatic carbocycles. The molecule has 0 saturated heterocycles. The first-order chi connectivity index (χ1) is 11.8. The van der Waals surface area contributed by atoms with E-state index in [1.165, 1.54) is 11.1 Å². The number of ether oxygens (including phenoxy) is 1. The van der Waals surface area contributed by atoms with Crippen LogP contribution in [0.3, 0.4) is 0 Å². The summed E-state index contributed by atoms with van der Waals surface area (Å²) in [5.41, 5.74) is 2.54. The molecule has 0 unspecified atom stereocenters. The van der Waals surface area contributed by atoms with E-state index >= 15 is 0 Å². The van der Waals surface area contributed by atoms with Crippen LogP contribution in [-0.2, 0) is 17.0 Å². The lowest BCUT2D eigenvalue weighted by Gasteiger charge is -2.07. The van der Waals surface area contributed by atoms with Crippen LogP contribution in [0.25, 0.3) is 0 Å². The fourth-order valence-corrected chi connectivity index (χ4v) is 3.27. The van der Waals surface area contributed by atoms with E-state index in [0.29, 0.717) is 6.42 Å². The molecule has 0 radical (unpaired) electrons. The average molecular weight is 343 g/mol. The predicted octanol–water partition coefficient (Wildman–Crippen LogP) is 4.07. The molecule has 0 bridgehead atoms. The molecule has 1 amide bonds. The van der Waals surface area contributed by atoms with E-state index in [4.69, 9.17) is 4.74 Å². The smallest absolute Gasteiger partial charge is 0.220 e. The highest BCUT2D eigenvalue weighted by molar-refractivity contribution is 7.98. The van der Waals surface area contributed by atoms with Crippen LogP contribution < -0.4 is 10.1 Å². The topological polar surface area (TPSA) is 38.3 Å². The maximum atomic E-state index is 11.8. The highest BCUT2D eigenvalue weighted by atomic mass is 32.2. The lowest BCUT2D eigenvalue weighted by Crippen LogP contribution is -2.25. The molecule has 0 spiro atoms. The van der Waals surface area contributed by atoms with E-state index in [-0.39, 0.29) is 5.91 Å². The van der Waals surface area contributed by atoms with Gasteiger partial charge in [-0.25, -0.2) is 0 Å². The minimum Gasteiger partial charge on any atom is -0.497 e. The van der Waals surface area contributed by atoms with Gasteiger partial charge in [0.2, 0.25) is 5.91 Å². The fourth-order valence-electron chi connectivity index (χ4n) is 2.37. The summed E-state index contributed by atoms with van der Waals surface area (Å²) in [5, 5.41) is 3.00. The van der Waals surface area contributed by atoms with E-state index in [1.54, 1.807) is 18.9 Å². The Morgan fingerprint density at radius 1 is 1.08 bits per heavy atom. The van der Waals surface area contributed by atoms with Crippen molar-refractivity contribution in [1.82, 2.24) is 5.32 Å². The summed E-state index contributed by atoms with van der Waals surface area (Å²) in [4.78, 5) is 11.8. The van der Waals surface area contributed by atoms with Gasteiger partial charge in [0, 0.05) is 24.5 Å². The number of carbonyl (C=O) groups is 1. The Labute approximate surface area is 148 Å². The van der Waals surface area contributed by atoms with E-state index in [1.807, 2.05) is 36.4 Å². The molecule has 2 rings (SSSR count). The number of carbonyl (C=O) groups excluding carboxylic acids is 1. The summed E-state index contributed by atoms with van der Waals surface area (Å²) < 4.78 is 5.21. The van der Waals surface area contributed by atoms with Crippen LogP contribution in [0.4, 0.5) is 0 Å². The standard InChI is InChI=1S/C20H25NO2S/c1-23-19-11-5-9-17(15-19)10-6-13-21-20(22)12-14-24-16-18-7-3-2-4-8-18/h2-5,7-9,11,15H,6,10,12-14,16H2,1H3,(H,21,22). The maximum absolute atomic E-state index is 11.8. The third-order valence-electron chi connectivity index (χ3n) is 3.68. The van der Waals surface area contributed by atoms with Crippen molar-refractivity contribution in [3.8, 4) is 5.75 Å². The van der Waals surface area contributed by atoms with Gasteiger partial charge < -0.3 is 10.1 Å². The van der Waals surface area contributed by atoms with E-state index in [2.05, 4.69) is 23.5 Å². The zero-order valence-corrected chi connectivity index (χ0v) is 15.0. The van der Waals surface area contributed by atoms with Gasteiger partial charge in [0.25, 0.3) is 0 Å². The summed E-state index contributed by atoms with van der Waals surface area (Å²) >= 11 is 1.80. The van der Waals surface area contributed by atoms with Crippen LogP contribution in [0, 0.1) is 0 Å². The number of nitrogens with one attached hydrogen (secondary N) is 1. The van der Waals surface area contributed by atoms with Crippen molar-refractivity contribution < 1.29 is 9.53 Å². The summed E-state index contributed by atoms with van der Waals surface area (Å²) in [5.74, 6) is 2.84. The third-order valence-corrected chi connectivity index (χ3v) is 4.71. The Bertz CT molecular complexity index is 616. The van der Waals surface area contributed by atoms with Gasteiger partial charge in [-0.1, -0.05) is 42.5 Å². The molecule has 0 aliphatic rings. The molecule has 1 N–H and O–H groups in total. The van der Waals surface area contributed by atoms with Crippen LogP contribution in [0.2, 0.25) is 0 Å². The van der Waals surface area contributed by atoms with E-state index in [9.17, 15) is 4.79 Å². The van der Waals surface area contributed by atoms with Crippen LogP contribution >= 0.6 is 11.8 Å². The Balaban J connectivity index is 1.53. The number of hydrogen-bond acceptors (Lipinski definition) is 3. The van der Waals surface area contributed by atoms with E-state index in [0.717, 1.165) is 36.6 Å². The zero-order valence-electron chi connectivity index (χ0n) is 14.2. The van der Waals surface area contributed by atoms with Crippen molar-refractivity contribution in [2.24, 2.45) is 0 Å². The fraction of sp³-hybridized carbons (Fsp3) is 0.350. The Morgan fingerprint density at radius 3 is 2.67 bits per heavy atom. The molecular weight excluding hydrogens is 318 g/mol. The molecular formula is C20H25NO2S. The first kappa shape index (κ1) is 18.4. The number of hydrogen-bond donors (Lipinski definition) is 1. The van der Waals surface area contributed by atoms with Gasteiger partial charge in [-0.15, -0.1) is 0 Å². The predicted molar refractivity (Wildman–Crippen MR) is 102 cm³/mol.